The molecule has 1 saturated heterocycles. The topological polar surface area (TPSA) is 52.7 Å². The van der Waals surface area contributed by atoms with Crippen molar-refractivity contribution >= 4 is 11.1 Å². The second-order valence-corrected chi connectivity index (χ2v) is 8.70. The molecule has 3 aromatic rings. The van der Waals surface area contributed by atoms with Gasteiger partial charge in [0.25, 0.3) is 0 Å². The first-order valence-electron chi connectivity index (χ1n) is 11.8. The third-order valence-corrected chi connectivity index (χ3v) is 6.25. The van der Waals surface area contributed by atoms with Gasteiger partial charge in [0.15, 0.2) is 0 Å². The summed E-state index contributed by atoms with van der Waals surface area (Å²) in [6, 6.07) is 26.7. The first-order chi connectivity index (χ1) is 16.2. The maximum atomic E-state index is 9.83. The third kappa shape index (κ3) is 6.25. The predicted octanol–water partition coefficient (Wildman–Crippen LogP) is 5.60. The minimum atomic E-state index is 0.141. The SMILES string of the molecule is CN1CC1CCCOc1ccc(/C(=C(/CCCO)c2ccccc2)c2ccc(O)cc2)cc1. The zero-order valence-electron chi connectivity index (χ0n) is 19.3. The number of aromatic hydroxyl groups is 1. The number of aliphatic hydroxyl groups excluding tert-OH is 1. The van der Waals surface area contributed by atoms with E-state index in [0.29, 0.717) is 6.42 Å². The summed E-state index contributed by atoms with van der Waals surface area (Å²) in [5.74, 6) is 1.13. The molecule has 2 unspecified atom stereocenters. The van der Waals surface area contributed by atoms with Crippen LogP contribution in [0.4, 0.5) is 0 Å². The lowest BCUT2D eigenvalue weighted by atomic mass is 9.87. The zero-order chi connectivity index (χ0) is 23.0. The van der Waals surface area contributed by atoms with E-state index in [1.165, 1.54) is 18.5 Å². The van der Waals surface area contributed by atoms with Crippen molar-refractivity contribution in [2.75, 3.05) is 26.8 Å². The number of likely N-dealkylation sites (N-methyl/N-ethyl adjacent to an activating group) is 1. The van der Waals surface area contributed by atoms with Crippen molar-refractivity contribution in [3.05, 3.63) is 95.6 Å². The van der Waals surface area contributed by atoms with Crippen LogP contribution in [0.2, 0.25) is 0 Å². The van der Waals surface area contributed by atoms with Gasteiger partial charge in [-0.05, 0) is 84.8 Å². The smallest absolute Gasteiger partial charge is 0.119 e. The number of allylic oxidation sites excluding steroid dienone is 1. The summed E-state index contributed by atoms with van der Waals surface area (Å²) in [5.41, 5.74) is 5.55. The molecule has 0 amide bonds. The molecule has 0 aromatic heterocycles. The summed E-state index contributed by atoms with van der Waals surface area (Å²) in [5, 5.41) is 19.4. The Morgan fingerprint density at radius 2 is 1.52 bits per heavy atom. The van der Waals surface area contributed by atoms with Crippen molar-refractivity contribution in [2.24, 2.45) is 0 Å². The van der Waals surface area contributed by atoms with E-state index < -0.39 is 0 Å². The Morgan fingerprint density at radius 1 is 0.879 bits per heavy atom. The van der Waals surface area contributed by atoms with Crippen LogP contribution in [0.5, 0.6) is 11.5 Å². The average molecular weight is 444 g/mol. The summed E-state index contributed by atoms with van der Waals surface area (Å²) >= 11 is 0. The van der Waals surface area contributed by atoms with E-state index in [-0.39, 0.29) is 12.4 Å². The van der Waals surface area contributed by atoms with Gasteiger partial charge < -0.3 is 19.8 Å². The van der Waals surface area contributed by atoms with Gasteiger partial charge in [0.2, 0.25) is 0 Å². The van der Waals surface area contributed by atoms with Crippen LogP contribution in [0, 0.1) is 0 Å². The molecule has 4 nitrogen and oxygen atoms in total. The molecular formula is C29H33NO3. The Kier molecular flexibility index (Phi) is 7.82. The molecule has 1 aliphatic heterocycles. The molecule has 33 heavy (non-hydrogen) atoms. The highest BCUT2D eigenvalue weighted by molar-refractivity contribution is 5.98. The monoisotopic (exact) mass is 443 g/mol. The van der Waals surface area contributed by atoms with Crippen molar-refractivity contribution in [3.8, 4) is 11.5 Å². The zero-order valence-corrected chi connectivity index (χ0v) is 19.3. The molecule has 2 N–H and O–H groups in total. The fourth-order valence-electron chi connectivity index (χ4n) is 4.28. The molecule has 0 bridgehead atoms. The first-order valence-corrected chi connectivity index (χ1v) is 11.8. The summed E-state index contributed by atoms with van der Waals surface area (Å²) in [6.45, 7) is 2.08. The minimum absolute atomic E-state index is 0.141. The highest BCUT2D eigenvalue weighted by atomic mass is 16.5. The van der Waals surface area contributed by atoms with Crippen molar-refractivity contribution < 1.29 is 14.9 Å². The molecule has 0 aliphatic carbocycles. The largest absolute Gasteiger partial charge is 0.508 e. The van der Waals surface area contributed by atoms with E-state index in [1.807, 2.05) is 42.5 Å². The summed E-state index contributed by atoms with van der Waals surface area (Å²) in [7, 11) is 2.16. The van der Waals surface area contributed by atoms with E-state index in [2.05, 4.69) is 36.2 Å². The van der Waals surface area contributed by atoms with Gasteiger partial charge in [-0.15, -0.1) is 0 Å². The molecule has 1 heterocycles. The van der Waals surface area contributed by atoms with Gasteiger partial charge >= 0.3 is 0 Å². The number of phenolic OH excluding ortho intramolecular Hbond substituents is 1. The number of rotatable bonds is 11. The molecule has 4 heteroatoms. The van der Waals surface area contributed by atoms with Crippen molar-refractivity contribution in [3.63, 3.8) is 0 Å². The van der Waals surface area contributed by atoms with E-state index in [9.17, 15) is 10.2 Å². The Morgan fingerprint density at radius 3 is 2.12 bits per heavy atom. The van der Waals surface area contributed by atoms with Gasteiger partial charge in [-0.2, -0.15) is 0 Å². The van der Waals surface area contributed by atoms with Gasteiger partial charge in [0.05, 0.1) is 6.61 Å². The van der Waals surface area contributed by atoms with Crippen molar-refractivity contribution in [1.82, 2.24) is 4.90 Å². The molecule has 0 radical (unpaired) electrons. The summed E-state index contributed by atoms with van der Waals surface area (Å²) < 4.78 is 5.98. The van der Waals surface area contributed by atoms with Gasteiger partial charge in [-0.3, -0.25) is 0 Å². The first kappa shape index (κ1) is 23.1. The quantitative estimate of drug-likeness (QED) is 0.230. The molecule has 2 atom stereocenters. The summed E-state index contributed by atoms with van der Waals surface area (Å²) in [6.07, 6.45) is 3.69. The highest BCUT2D eigenvalue weighted by Gasteiger charge is 2.28. The number of hydrogen-bond donors (Lipinski definition) is 2. The van der Waals surface area contributed by atoms with Crippen LogP contribution in [-0.2, 0) is 0 Å². The number of hydrogen-bond acceptors (Lipinski definition) is 4. The lowest BCUT2D eigenvalue weighted by molar-refractivity contribution is 0.290. The van der Waals surface area contributed by atoms with E-state index in [1.54, 1.807) is 12.1 Å². The minimum Gasteiger partial charge on any atom is -0.508 e. The lowest BCUT2D eigenvalue weighted by Crippen LogP contribution is -2.02. The van der Waals surface area contributed by atoms with Crippen LogP contribution >= 0.6 is 0 Å². The van der Waals surface area contributed by atoms with Crippen LogP contribution in [0.15, 0.2) is 78.9 Å². The van der Waals surface area contributed by atoms with E-state index >= 15 is 0 Å². The van der Waals surface area contributed by atoms with Crippen LogP contribution < -0.4 is 4.74 Å². The third-order valence-electron chi connectivity index (χ3n) is 6.25. The Labute approximate surface area is 196 Å². The van der Waals surface area contributed by atoms with Gasteiger partial charge in [0.1, 0.15) is 11.5 Å². The molecule has 4 rings (SSSR count). The molecular weight excluding hydrogens is 410 g/mol. The predicted molar refractivity (Wildman–Crippen MR) is 134 cm³/mol. The molecule has 0 saturated carbocycles. The maximum Gasteiger partial charge on any atom is 0.119 e. The standard InChI is InChI=1S/C29H33NO3/c1-30-21-25(30)9-6-20-33-27-17-13-24(14-18-27)29(23-11-15-26(32)16-12-23)28(10-5-19-31)22-7-3-2-4-8-22/h2-4,7-8,11-18,25,31-32H,5-6,9-10,19-21H2,1H3/b29-28-. The fraction of sp³-hybridized carbons (Fsp3) is 0.310. The van der Waals surface area contributed by atoms with Crippen LogP contribution in [-0.4, -0.2) is 48.0 Å². The van der Waals surface area contributed by atoms with Gasteiger partial charge in [0, 0.05) is 19.2 Å². The molecule has 0 spiro atoms. The van der Waals surface area contributed by atoms with Gasteiger partial charge in [-0.25, -0.2) is 0 Å². The normalized spacial score (nSPS) is 18.0. The number of aliphatic hydroxyl groups is 1. The number of phenols is 1. The Hall–Kier alpha value is -3.08. The van der Waals surface area contributed by atoms with Crippen LogP contribution in [0.1, 0.15) is 42.4 Å². The van der Waals surface area contributed by atoms with Crippen LogP contribution in [0.3, 0.4) is 0 Å². The van der Waals surface area contributed by atoms with Crippen molar-refractivity contribution in [2.45, 2.75) is 31.7 Å². The second kappa shape index (κ2) is 11.2. The molecule has 1 fully saturated rings. The van der Waals surface area contributed by atoms with Gasteiger partial charge in [-0.1, -0.05) is 54.6 Å². The molecule has 1 aliphatic rings. The molecule has 172 valence electrons. The van der Waals surface area contributed by atoms with Crippen LogP contribution in [0.25, 0.3) is 11.1 Å². The van der Waals surface area contributed by atoms with Crippen molar-refractivity contribution in [1.29, 1.82) is 0 Å². The van der Waals surface area contributed by atoms with E-state index in [0.717, 1.165) is 53.5 Å². The Balaban J connectivity index is 1.62. The highest BCUT2D eigenvalue weighted by Crippen LogP contribution is 2.36. The van der Waals surface area contributed by atoms with E-state index in [4.69, 9.17) is 4.74 Å². The maximum absolute atomic E-state index is 9.83. The number of nitrogens with zero attached hydrogens (tertiary/aromatic N) is 1. The number of benzene rings is 3. The fourth-order valence-corrected chi connectivity index (χ4v) is 4.28. The second-order valence-electron chi connectivity index (χ2n) is 8.70. The number of ether oxygens (including phenoxy) is 1. The summed E-state index contributed by atoms with van der Waals surface area (Å²) in [4.78, 5) is 2.35. The average Bonchev–Trinajstić information content (AvgIpc) is 3.56. The lowest BCUT2D eigenvalue weighted by Gasteiger charge is -2.18. The molecule has 3 aromatic carbocycles. The Bertz CT molecular complexity index is 1040.